The van der Waals surface area contributed by atoms with Crippen molar-refractivity contribution in [3.63, 3.8) is 0 Å². The summed E-state index contributed by atoms with van der Waals surface area (Å²) in [5.74, 6) is 0.532. The highest BCUT2D eigenvalue weighted by Gasteiger charge is 2.33. The maximum Gasteiger partial charge on any atom is 0.223 e. The molecular weight excluding hydrogens is 248 g/mol. The first kappa shape index (κ1) is 12.0. The lowest BCUT2D eigenvalue weighted by Gasteiger charge is -2.23. The van der Waals surface area contributed by atoms with Crippen molar-refractivity contribution in [2.24, 2.45) is 5.92 Å². The van der Waals surface area contributed by atoms with Gasteiger partial charge in [-0.05, 0) is 56.7 Å². The highest BCUT2D eigenvalue weighted by atomic mass is 16.2. The molecule has 1 atom stereocenters. The van der Waals surface area contributed by atoms with Gasteiger partial charge in [0.25, 0.3) is 0 Å². The van der Waals surface area contributed by atoms with Crippen molar-refractivity contribution in [2.75, 3.05) is 0 Å². The largest absolute Gasteiger partial charge is 0.356 e. The van der Waals surface area contributed by atoms with E-state index in [1.54, 1.807) is 0 Å². The Bertz CT molecular complexity index is 682. The number of H-pyrrole nitrogens is 1. The fourth-order valence-electron chi connectivity index (χ4n) is 3.36. The normalized spacial score (nSPS) is 21.8. The van der Waals surface area contributed by atoms with Gasteiger partial charge in [0.1, 0.15) is 0 Å². The zero-order valence-electron chi connectivity index (χ0n) is 11.8. The summed E-state index contributed by atoms with van der Waals surface area (Å²) in [5, 5.41) is 4.58. The van der Waals surface area contributed by atoms with Gasteiger partial charge in [-0.2, -0.15) is 0 Å². The smallest absolute Gasteiger partial charge is 0.223 e. The molecule has 20 heavy (non-hydrogen) atoms. The van der Waals surface area contributed by atoms with Crippen LogP contribution in [0, 0.1) is 12.8 Å². The number of hydrogen-bond donors (Lipinski definition) is 2. The molecular formula is C17H20N2O. The molecule has 0 spiro atoms. The minimum Gasteiger partial charge on any atom is -0.356 e. The Morgan fingerprint density at radius 3 is 2.95 bits per heavy atom. The van der Waals surface area contributed by atoms with E-state index in [9.17, 15) is 4.79 Å². The van der Waals surface area contributed by atoms with Gasteiger partial charge in [0.05, 0.1) is 6.04 Å². The van der Waals surface area contributed by atoms with E-state index in [0.717, 1.165) is 32.1 Å². The summed E-state index contributed by atoms with van der Waals surface area (Å²) in [5.41, 5.74) is 5.15. The molecule has 0 saturated heterocycles. The van der Waals surface area contributed by atoms with Crippen LogP contribution in [0.3, 0.4) is 0 Å². The zero-order chi connectivity index (χ0) is 13.7. The predicted molar refractivity (Wildman–Crippen MR) is 79.6 cm³/mol. The Labute approximate surface area is 118 Å². The lowest BCUT2D eigenvalue weighted by Crippen LogP contribution is -2.32. The van der Waals surface area contributed by atoms with Gasteiger partial charge < -0.3 is 10.3 Å². The first-order valence-electron chi connectivity index (χ1n) is 7.64. The van der Waals surface area contributed by atoms with E-state index in [4.69, 9.17) is 0 Å². The summed E-state index contributed by atoms with van der Waals surface area (Å²) in [6, 6.07) is 6.74. The van der Waals surface area contributed by atoms with Gasteiger partial charge in [-0.1, -0.05) is 11.6 Å². The van der Waals surface area contributed by atoms with Gasteiger partial charge in [-0.3, -0.25) is 4.79 Å². The number of amides is 1. The molecule has 1 heterocycles. The van der Waals surface area contributed by atoms with E-state index in [2.05, 4.69) is 35.4 Å². The SMILES string of the molecule is Cc1ccc2[nH]c3c(c2c1)CCCC3NC(=O)C1CC1. The molecule has 2 aliphatic carbocycles. The van der Waals surface area contributed by atoms with Crippen LogP contribution in [0.1, 0.15) is 48.5 Å². The third-order valence-electron chi connectivity index (χ3n) is 4.63. The Kier molecular flexibility index (Phi) is 2.62. The summed E-state index contributed by atoms with van der Waals surface area (Å²) in [6.45, 7) is 2.13. The molecule has 2 N–H and O–H groups in total. The first-order chi connectivity index (χ1) is 9.72. The fourth-order valence-corrected chi connectivity index (χ4v) is 3.36. The van der Waals surface area contributed by atoms with Gasteiger partial charge in [-0.25, -0.2) is 0 Å². The Balaban J connectivity index is 1.72. The summed E-state index contributed by atoms with van der Waals surface area (Å²) in [7, 11) is 0. The molecule has 4 rings (SSSR count). The lowest BCUT2D eigenvalue weighted by molar-refractivity contribution is -0.123. The van der Waals surface area contributed by atoms with Crippen LogP contribution in [0.5, 0.6) is 0 Å². The van der Waals surface area contributed by atoms with Crippen molar-refractivity contribution in [1.29, 1.82) is 0 Å². The number of fused-ring (bicyclic) bond motifs is 3. The van der Waals surface area contributed by atoms with Gasteiger partial charge in [0.2, 0.25) is 5.91 Å². The van der Waals surface area contributed by atoms with Gasteiger partial charge in [0.15, 0.2) is 0 Å². The number of benzene rings is 1. The Morgan fingerprint density at radius 2 is 2.15 bits per heavy atom. The second-order valence-corrected chi connectivity index (χ2v) is 6.29. The highest BCUT2D eigenvalue weighted by molar-refractivity contribution is 5.86. The average molecular weight is 268 g/mol. The van der Waals surface area contributed by atoms with Crippen LogP contribution < -0.4 is 5.32 Å². The van der Waals surface area contributed by atoms with Crippen LogP contribution in [0.2, 0.25) is 0 Å². The highest BCUT2D eigenvalue weighted by Crippen LogP contribution is 2.36. The Morgan fingerprint density at radius 1 is 1.30 bits per heavy atom. The van der Waals surface area contributed by atoms with Crippen LogP contribution in [-0.2, 0) is 11.2 Å². The summed E-state index contributed by atoms with van der Waals surface area (Å²) < 4.78 is 0. The van der Waals surface area contributed by atoms with Crippen molar-refractivity contribution < 1.29 is 4.79 Å². The number of rotatable bonds is 2. The third kappa shape index (κ3) is 1.92. The third-order valence-corrected chi connectivity index (χ3v) is 4.63. The minimum atomic E-state index is 0.180. The van der Waals surface area contributed by atoms with Gasteiger partial charge in [0, 0.05) is 22.5 Å². The average Bonchev–Trinajstić information content (AvgIpc) is 3.22. The molecule has 1 aromatic heterocycles. The molecule has 104 valence electrons. The van der Waals surface area contributed by atoms with Crippen molar-refractivity contribution in [1.82, 2.24) is 10.3 Å². The van der Waals surface area contributed by atoms with Gasteiger partial charge in [-0.15, -0.1) is 0 Å². The van der Waals surface area contributed by atoms with Gasteiger partial charge >= 0.3 is 0 Å². The van der Waals surface area contributed by atoms with Crippen molar-refractivity contribution in [3.8, 4) is 0 Å². The summed E-state index contributed by atoms with van der Waals surface area (Å²) in [6.07, 6.45) is 5.46. The first-order valence-corrected chi connectivity index (χ1v) is 7.64. The number of aromatic amines is 1. The molecule has 3 heteroatoms. The quantitative estimate of drug-likeness (QED) is 0.861. The van der Waals surface area contributed by atoms with E-state index < -0.39 is 0 Å². The standard InChI is InChI=1S/C17H20N2O/c1-10-5-8-14-13(9-10)12-3-2-4-15(16(12)18-14)19-17(20)11-6-7-11/h5,8-9,11,15,18H,2-4,6-7H2,1H3,(H,19,20). The maximum atomic E-state index is 12.0. The zero-order valence-corrected chi connectivity index (χ0v) is 11.8. The number of carbonyl (C=O) groups excluding carboxylic acids is 1. The van der Waals surface area contributed by atoms with Crippen LogP contribution >= 0.6 is 0 Å². The Hall–Kier alpha value is -1.77. The number of nitrogens with one attached hydrogen (secondary N) is 2. The number of carbonyl (C=O) groups is 1. The molecule has 0 radical (unpaired) electrons. The monoisotopic (exact) mass is 268 g/mol. The van der Waals surface area contributed by atoms with Crippen molar-refractivity contribution in [3.05, 3.63) is 35.0 Å². The van der Waals surface area contributed by atoms with E-state index in [1.807, 2.05) is 0 Å². The van der Waals surface area contributed by atoms with Crippen LogP contribution in [0.4, 0.5) is 0 Å². The predicted octanol–water partition coefficient (Wildman–Crippen LogP) is 3.38. The lowest BCUT2D eigenvalue weighted by atomic mass is 9.91. The topological polar surface area (TPSA) is 44.9 Å². The minimum absolute atomic E-state index is 0.180. The second kappa shape index (κ2) is 4.37. The van der Waals surface area contributed by atoms with Crippen LogP contribution in [0.25, 0.3) is 10.9 Å². The molecule has 2 aromatic rings. The molecule has 3 nitrogen and oxygen atoms in total. The van der Waals surface area contributed by atoms with E-state index >= 15 is 0 Å². The molecule has 1 fully saturated rings. The summed E-state index contributed by atoms with van der Waals surface area (Å²) in [4.78, 5) is 15.6. The van der Waals surface area contributed by atoms with E-state index in [-0.39, 0.29) is 17.9 Å². The molecule has 0 aliphatic heterocycles. The van der Waals surface area contributed by atoms with Crippen molar-refractivity contribution >= 4 is 16.8 Å². The molecule has 1 aromatic carbocycles. The molecule has 0 bridgehead atoms. The fraction of sp³-hybridized carbons (Fsp3) is 0.471. The molecule has 2 aliphatic rings. The number of aryl methyl sites for hydroxylation is 2. The maximum absolute atomic E-state index is 12.0. The molecule has 1 amide bonds. The number of aromatic nitrogens is 1. The van der Waals surface area contributed by atoms with E-state index in [1.165, 1.54) is 27.7 Å². The number of hydrogen-bond acceptors (Lipinski definition) is 1. The second-order valence-electron chi connectivity index (χ2n) is 6.29. The van der Waals surface area contributed by atoms with E-state index in [0.29, 0.717) is 0 Å². The van der Waals surface area contributed by atoms with Crippen LogP contribution in [0.15, 0.2) is 18.2 Å². The summed E-state index contributed by atoms with van der Waals surface area (Å²) >= 11 is 0. The molecule has 1 saturated carbocycles. The molecule has 1 unspecified atom stereocenters. The van der Waals surface area contributed by atoms with Crippen LogP contribution in [-0.4, -0.2) is 10.9 Å². The van der Waals surface area contributed by atoms with Crippen molar-refractivity contribution in [2.45, 2.75) is 45.1 Å².